The molecule has 1 aliphatic carbocycles. The van der Waals surface area contributed by atoms with Gasteiger partial charge in [-0.05, 0) is 19.3 Å². The van der Waals surface area contributed by atoms with Gasteiger partial charge in [0.1, 0.15) is 0 Å². The fourth-order valence-corrected chi connectivity index (χ4v) is 2.90. The molecule has 0 aromatic heterocycles. The van der Waals surface area contributed by atoms with Crippen molar-refractivity contribution in [3.8, 4) is 0 Å². The molecule has 1 atom stereocenters. The Kier molecular flexibility index (Phi) is 3.12. The molecule has 0 bridgehead atoms. The van der Waals surface area contributed by atoms with Crippen molar-refractivity contribution in [1.82, 2.24) is 0 Å². The van der Waals surface area contributed by atoms with E-state index < -0.39 is 9.84 Å². The minimum Gasteiger partial charge on any atom is -0.327 e. The van der Waals surface area contributed by atoms with Crippen LogP contribution in [0.5, 0.6) is 0 Å². The lowest BCUT2D eigenvalue weighted by atomic mass is 10.3. The Morgan fingerprint density at radius 3 is 2.50 bits per heavy atom. The normalized spacial score (nSPS) is 20.8. The van der Waals surface area contributed by atoms with Gasteiger partial charge in [0.05, 0.1) is 11.5 Å². The number of sulfone groups is 1. The molecule has 0 radical (unpaired) electrons. The maximum absolute atomic E-state index is 11.3. The molecule has 1 unspecified atom stereocenters. The summed E-state index contributed by atoms with van der Waals surface area (Å²) in [6.07, 6.45) is 3.27. The lowest BCUT2D eigenvalue weighted by Crippen LogP contribution is -2.27. The molecule has 0 aromatic rings. The van der Waals surface area contributed by atoms with Crippen molar-refractivity contribution in [2.45, 2.75) is 32.2 Å². The predicted octanol–water partition coefficient (Wildman–Crippen LogP) is 0.548. The Morgan fingerprint density at radius 1 is 1.50 bits per heavy atom. The zero-order valence-electron chi connectivity index (χ0n) is 7.49. The SMILES string of the molecule is CC(N)CS(=O)(=O)CCC1CC1. The summed E-state index contributed by atoms with van der Waals surface area (Å²) < 4.78 is 22.6. The van der Waals surface area contributed by atoms with Crippen LogP contribution in [0.2, 0.25) is 0 Å². The minimum atomic E-state index is -2.86. The molecular weight excluding hydrogens is 174 g/mol. The zero-order chi connectivity index (χ0) is 9.19. The van der Waals surface area contributed by atoms with E-state index in [4.69, 9.17) is 5.73 Å². The second kappa shape index (κ2) is 3.75. The second-order valence-electron chi connectivity index (χ2n) is 3.82. The summed E-state index contributed by atoms with van der Waals surface area (Å²) in [7, 11) is -2.86. The van der Waals surface area contributed by atoms with Crippen molar-refractivity contribution in [2.24, 2.45) is 11.7 Å². The Hall–Kier alpha value is -0.0900. The molecule has 0 heterocycles. The fraction of sp³-hybridized carbons (Fsp3) is 1.00. The molecule has 1 fully saturated rings. The van der Waals surface area contributed by atoms with Gasteiger partial charge in [-0.2, -0.15) is 0 Å². The smallest absolute Gasteiger partial charge is 0.151 e. The Bertz CT molecular complexity index is 229. The molecule has 1 aliphatic rings. The van der Waals surface area contributed by atoms with Crippen molar-refractivity contribution < 1.29 is 8.42 Å². The van der Waals surface area contributed by atoms with Gasteiger partial charge in [0.15, 0.2) is 9.84 Å². The van der Waals surface area contributed by atoms with E-state index in [0.717, 1.165) is 6.42 Å². The van der Waals surface area contributed by atoms with E-state index >= 15 is 0 Å². The molecule has 0 amide bonds. The van der Waals surface area contributed by atoms with Gasteiger partial charge in [-0.3, -0.25) is 0 Å². The molecule has 0 spiro atoms. The van der Waals surface area contributed by atoms with Gasteiger partial charge >= 0.3 is 0 Å². The van der Waals surface area contributed by atoms with E-state index in [1.54, 1.807) is 6.92 Å². The summed E-state index contributed by atoms with van der Waals surface area (Å²) in [5.74, 6) is 1.16. The van der Waals surface area contributed by atoms with Crippen LogP contribution in [0.4, 0.5) is 0 Å². The maximum atomic E-state index is 11.3. The summed E-state index contributed by atoms with van der Waals surface area (Å²) >= 11 is 0. The lowest BCUT2D eigenvalue weighted by molar-refractivity contribution is 0.584. The van der Waals surface area contributed by atoms with Crippen molar-refractivity contribution in [1.29, 1.82) is 0 Å². The van der Waals surface area contributed by atoms with Crippen molar-refractivity contribution in [3.05, 3.63) is 0 Å². The van der Waals surface area contributed by atoms with Crippen LogP contribution in [0.1, 0.15) is 26.2 Å². The second-order valence-corrected chi connectivity index (χ2v) is 6.05. The Balaban J connectivity index is 2.26. The average Bonchev–Trinajstić information content (AvgIpc) is 2.62. The van der Waals surface area contributed by atoms with Crippen LogP contribution in [-0.2, 0) is 9.84 Å². The molecule has 1 saturated carbocycles. The van der Waals surface area contributed by atoms with Gasteiger partial charge in [-0.1, -0.05) is 12.8 Å². The Morgan fingerprint density at radius 2 is 2.08 bits per heavy atom. The van der Waals surface area contributed by atoms with Gasteiger partial charge in [0.25, 0.3) is 0 Å². The van der Waals surface area contributed by atoms with Crippen LogP contribution in [0.3, 0.4) is 0 Å². The molecule has 4 heteroatoms. The highest BCUT2D eigenvalue weighted by molar-refractivity contribution is 7.91. The van der Waals surface area contributed by atoms with Crippen LogP contribution in [0.25, 0.3) is 0 Å². The predicted molar refractivity (Wildman–Crippen MR) is 49.6 cm³/mol. The largest absolute Gasteiger partial charge is 0.327 e. The molecule has 0 aromatic carbocycles. The van der Waals surface area contributed by atoms with E-state index in [0.29, 0.717) is 11.7 Å². The van der Waals surface area contributed by atoms with Crippen LogP contribution < -0.4 is 5.73 Å². The molecule has 72 valence electrons. The minimum absolute atomic E-state index is 0.139. The van der Waals surface area contributed by atoms with Crippen LogP contribution in [0, 0.1) is 5.92 Å². The summed E-state index contributed by atoms with van der Waals surface area (Å²) in [4.78, 5) is 0. The van der Waals surface area contributed by atoms with Gasteiger partial charge in [-0.25, -0.2) is 8.42 Å². The van der Waals surface area contributed by atoms with Crippen LogP contribution in [0.15, 0.2) is 0 Å². The highest BCUT2D eigenvalue weighted by atomic mass is 32.2. The summed E-state index contributed by atoms with van der Waals surface area (Å²) in [5.41, 5.74) is 5.42. The quantitative estimate of drug-likeness (QED) is 0.690. The molecule has 0 aliphatic heterocycles. The average molecular weight is 191 g/mol. The standard InChI is InChI=1S/C8H17NO2S/c1-7(9)6-12(10,11)5-4-8-2-3-8/h7-8H,2-6,9H2,1H3. The van der Waals surface area contributed by atoms with E-state index in [1.165, 1.54) is 12.8 Å². The third kappa shape index (κ3) is 4.07. The van der Waals surface area contributed by atoms with Gasteiger partial charge in [-0.15, -0.1) is 0 Å². The monoisotopic (exact) mass is 191 g/mol. The molecule has 0 saturated heterocycles. The highest BCUT2D eigenvalue weighted by Gasteiger charge is 2.24. The number of rotatable bonds is 5. The number of hydrogen-bond donors (Lipinski definition) is 1. The molecule has 1 rings (SSSR count). The summed E-state index contributed by atoms with van der Waals surface area (Å²) in [6, 6.07) is -0.228. The molecule has 2 N–H and O–H groups in total. The first kappa shape index (κ1) is 9.99. The first-order valence-corrected chi connectivity index (χ1v) is 6.28. The third-order valence-corrected chi connectivity index (χ3v) is 3.94. The van der Waals surface area contributed by atoms with Crippen LogP contribution in [-0.4, -0.2) is 26.0 Å². The molecule has 12 heavy (non-hydrogen) atoms. The maximum Gasteiger partial charge on any atom is 0.151 e. The fourth-order valence-electron chi connectivity index (χ4n) is 1.24. The first-order chi connectivity index (χ1) is 5.49. The molecular formula is C8H17NO2S. The van der Waals surface area contributed by atoms with E-state index in [9.17, 15) is 8.42 Å². The van der Waals surface area contributed by atoms with Gasteiger partial charge < -0.3 is 5.73 Å². The first-order valence-electron chi connectivity index (χ1n) is 4.45. The van der Waals surface area contributed by atoms with E-state index in [1.807, 2.05) is 0 Å². The number of nitrogens with two attached hydrogens (primary N) is 1. The highest BCUT2D eigenvalue weighted by Crippen LogP contribution is 2.32. The van der Waals surface area contributed by atoms with E-state index in [2.05, 4.69) is 0 Å². The number of hydrogen-bond acceptors (Lipinski definition) is 3. The van der Waals surface area contributed by atoms with Crippen molar-refractivity contribution in [3.63, 3.8) is 0 Å². The van der Waals surface area contributed by atoms with Gasteiger partial charge in [0, 0.05) is 6.04 Å². The zero-order valence-corrected chi connectivity index (χ0v) is 8.31. The van der Waals surface area contributed by atoms with Crippen molar-refractivity contribution in [2.75, 3.05) is 11.5 Å². The van der Waals surface area contributed by atoms with E-state index in [-0.39, 0.29) is 11.8 Å². The third-order valence-electron chi connectivity index (χ3n) is 2.05. The summed E-state index contributed by atoms with van der Waals surface area (Å²) in [5, 5.41) is 0. The van der Waals surface area contributed by atoms with Crippen molar-refractivity contribution >= 4 is 9.84 Å². The van der Waals surface area contributed by atoms with Crippen LogP contribution >= 0.6 is 0 Å². The van der Waals surface area contributed by atoms with Gasteiger partial charge in [0.2, 0.25) is 0 Å². The lowest BCUT2D eigenvalue weighted by Gasteiger charge is -2.05. The summed E-state index contributed by atoms with van der Waals surface area (Å²) in [6.45, 7) is 1.73. The Labute approximate surface area is 74.3 Å². The topological polar surface area (TPSA) is 60.2 Å². The molecule has 3 nitrogen and oxygen atoms in total.